The molecule has 0 spiro atoms. The van der Waals surface area contributed by atoms with Crippen LogP contribution in [0.15, 0.2) is 77.8 Å². The molecule has 5 aromatic rings. The maximum Gasteiger partial charge on any atom is 0.387 e. The number of rotatable bonds is 7. The lowest BCUT2D eigenvalue weighted by molar-refractivity contribution is -0.0497. The molecule has 0 bridgehead atoms. The smallest absolute Gasteiger partial charge is 0.387 e. The average Bonchev–Trinajstić information content (AvgIpc) is 3.51. The van der Waals surface area contributed by atoms with Crippen molar-refractivity contribution >= 4 is 34.2 Å². The molecular weight excluding hydrogens is 480 g/mol. The van der Waals surface area contributed by atoms with Gasteiger partial charge in [0.25, 0.3) is 5.91 Å². The molecule has 0 aliphatic rings. The summed E-state index contributed by atoms with van der Waals surface area (Å²) in [5.41, 5.74) is 2.33. The number of fused-ring (bicyclic) bond motifs is 1. The van der Waals surface area contributed by atoms with E-state index >= 15 is 0 Å². The minimum atomic E-state index is -3.01. The molecular formula is C24H16ClF2N5O3. The molecule has 4 heterocycles. The monoisotopic (exact) mass is 495 g/mol. The molecule has 0 aliphatic carbocycles. The van der Waals surface area contributed by atoms with Gasteiger partial charge in [0, 0.05) is 23.6 Å². The molecule has 11 heteroatoms. The van der Waals surface area contributed by atoms with E-state index in [1.807, 2.05) is 12.1 Å². The van der Waals surface area contributed by atoms with Crippen LogP contribution in [0.25, 0.3) is 22.3 Å². The second kappa shape index (κ2) is 9.51. The number of anilines is 1. The van der Waals surface area contributed by atoms with E-state index < -0.39 is 12.5 Å². The van der Waals surface area contributed by atoms with Gasteiger partial charge in [-0.15, -0.1) is 0 Å². The van der Waals surface area contributed by atoms with Gasteiger partial charge in [0.05, 0.1) is 34.1 Å². The number of halogens is 3. The summed E-state index contributed by atoms with van der Waals surface area (Å²) in [4.78, 5) is 22.2. The summed E-state index contributed by atoms with van der Waals surface area (Å²) < 4.78 is 36.4. The fourth-order valence-electron chi connectivity index (χ4n) is 3.53. The Morgan fingerprint density at radius 1 is 1.17 bits per heavy atom. The molecule has 1 aromatic carbocycles. The molecule has 1 N–H and O–H groups in total. The fourth-order valence-corrected chi connectivity index (χ4v) is 3.76. The third-order valence-electron chi connectivity index (χ3n) is 5.10. The van der Waals surface area contributed by atoms with Crippen LogP contribution in [0, 0.1) is 0 Å². The van der Waals surface area contributed by atoms with E-state index in [0.717, 1.165) is 0 Å². The highest BCUT2D eigenvalue weighted by Gasteiger charge is 2.19. The Balaban J connectivity index is 1.53. The molecule has 5 rings (SSSR count). The lowest BCUT2D eigenvalue weighted by Crippen LogP contribution is -2.13. The first-order valence-corrected chi connectivity index (χ1v) is 10.7. The Morgan fingerprint density at radius 3 is 2.77 bits per heavy atom. The van der Waals surface area contributed by atoms with Gasteiger partial charge in [0.2, 0.25) is 0 Å². The summed E-state index contributed by atoms with van der Waals surface area (Å²) in [6.07, 6.45) is 6.41. The van der Waals surface area contributed by atoms with Crippen molar-refractivity contribution in [3.63, 3.8) is 0 Å². The summed E-state index contributed by atoms with van der Waals surface area (Å²) in [5.74, 6) is 0.0260. The highest BCUT2D eigenvalue weighted by Crippen LogP contribution is 2.30. The maximum absolute atomic E-state index is 13.3. The zero-order valence-electron chi connectivity index (χ0n) is 17.9. The Bertz CT molecular complexity index is 1490. The van der Waals surface area contributed by atoms with E-state index in [4.69, 9.17) is 21.0 Å². The zero-order valence-corrected chi connectivity index (χ0v) is 18.6. The number of benzene rings is 1. The van der Waals surface area contributed by atoms with Gasteiger partial charge >= 0.3 is 6.61 Å². The van der Waals surface area contributed by atoms with Gasteiger partial charge in [-0.1, -0.05) is 11.6 Å². The van der Waals surface area contributed by atoms with Gasteiger partial charge in [0.1, 0.15) is 18.1 Å². The van der Waals surface area contributed by atoms with E-state index in [-0.39, 0.29) is 10.8 Å². The van der Waals surface area contributed by atoms with Crippen LogP contribution < -0.4 is 10.1 Å². The number of aromatic nitrogens is 4. The molecule has 0 fully saturated rings. The molecule has 176 valence electrons. The summed E-state index contributed by atoms with van der Waals surface area (Å²) in [6, 6.07) is 12.8. The van der Waals surface area contributed by atoms with Crippen LogP contribution >= 0.6 is 11.6 Å². The van der Waals surface area contributed by atoms with Crippen LogP contribution in [0.1, 0.15) is 16.1 Å². The standard InChI is InChI=1S/C24H16ClF2N5O3/c25-19-9-15(5-6-21(19)35-24(26)27)30-23(33)17-10-20(14-3-1-7-28-11-14)31-22-18(17)12-29-32(22)13-16-4-2-8-34-16/h1-12,24H,13H2,(H,30,33). The number of carbonyl (C=O) groups is 1. The zero-order chi connectivity index (χ0) is 24.4. The molecule has 0 atom stereocenters. The Morgan fingerprint density at radius 2 is 2.06 bits per heavy atom. The van der Waals surface area contributed by atoms with Gasteiger partial charge in [-0.05, 0) is 48.5 Å². The third-order valence-corrected chi connectivity index (χ3v) is 5.40. The normalized spacial score (nSPS) is 11.2. The average molecular weight is 496 g/mol. The van der Waals surface area contributed by atoms with Gasteiger partial charge in [-0.3, -0.25) is 9.78 Å². The number of carbonyl (C=O) groups excluding carboxylic acids is 1. The number of nitrogens with one attached hydrogen (secondary N) is 1. The van der Waals surface area contributed by atoms with Crippen molar-refractivity contribution in [3.8, 4) is 17.0 Å². The topological polar surface area (TPSA) is 95.1 Å². The van der Waals surface area contributed by atoms with E-state index in [9.17, 15) is 13.6 Å². The first kappa shape index (κ1) is 22.5. The summed E-state index contributed by atoms with van der Waals surface area (Å²) >= 11 is 6.03. The molecule has 0 saturated heterocycles. The van der Waals surface area contributed by atoms with E-state index in [0.29, 0.717) is 45.8 Å². The lowest BCUT2D eigenvalue weighted by atomic mass is 10.1. The minimum Gasteiger partial charge on any atom is -0.467 e. The molecule has 35 heavy (non-hydrogen) atoms. The van der Waals surface area contributed by atoms with E-state index in [1.165, 1.54) is 18.2 Å². The van der Waals surface area contributed by atoms with Crippen molar-refractivity contribution in [3.05, 3.63) is 89.7 Å². The number of hydrogen-bond acceptors (Lipinski definition) is 6. The molecule has 0 radical (unpaired) electrons. The van der Waals surface area contributed by atoms with Gasteiger partial charge in [-0.25, -0.2) is 9.67 Å². The minimum absolute atomic E-state index is 0.0645. The summed E-state index contributed by atoms with van der Waals surface area (Å²) in [7, 11) is 0. The molecule has 0 saturated carbocycles. The fraction of sp³-hybridized carbons (Fsp3) is 0.0833. The number of pyridine rings is 2. The molecule has 0 unspecified atom stereocenters. The molecule has 4 aromatic heterocycles. The molecule has 1 amide bonds. The number of amides is 1. The highest BCUT2D eigenvalue weighted by molar-refractivity contribution is 6.32. The van der Waals surface area contributed by atoms with Crippen LogP contribution in [0.5, 0.6) is 5.75 Å². The highest BCUT2D eigenvalue weighted by atomic mass is 35.5. The lowest BCUT2D eigenvalue weighted by Gasteiger charge is -2.11. The molecule has 8 nitrogen and oxygen atoms in total. The quantitative estimate of drug-likeness (QED) is 0.314. The van der Waals surface area contributed by atoms with Gasteiger partial charge in [0.15, 0.2) is 5.65 Å². The van der Waals surface area contributed by atoms with Crippen molar-refractivity contribution in [1.82, 2.24) is 19.7 Å². The van der Waals surface area contributed by atoms with Crippen molar-refractivity contribution in [2.75, 3.05) is 5.32 Å². The van der Waals surface area contributed by atoms with Gasteiger partial charge < -0.3 is 14.5 Å². The van der Waals surface area contributed by atoms with Crippen molar-refractivity contribution in [1.29, 1.82) is 0 Å². The number of furan rings is 1. The number of alkyl halides is 2. The summed E-state index contributed by atoms with van der Waals surface area (Å²) in [6.45, 7) is -2.69. The number of ether oxygens (including phenoxy) is 1. The first-order valence-electron chi connectivity index (χ1n) is 10.3. The van der Waals surface area contributed by atoms with E-state index in [1.54, 1.807) is 47.7 Å². The SMILES string of the molecule is O=C(Nc1ccc(OC(F)F)c(Cl)c1)c1cc(-c2cccnc2)nc2c1cnn2Cc1ccco1. The van der Waals surface area contributed by atoms with Crippen molar-refractivity contribution in [2.45, 2.75) is 13.2 Å². The maximum atomic E-state index is 13.3. The van der Waals surface area contributed by atoms with E-state index in [2.05, 4.69) is 20.1 Å². The number of nitrogens with zero attached hydrogens (tertiary/aromatic N) is 4. The van der Waals surface area contributed by atoms with Crippen molar-refractivity contribution in [2.24, 2.45) is 0 Å². The third kappa shape index (κ3) is 4.82. The van der Waals surface area contributed by atoms with Crippen LogP contribution in [-0.4, -0.2) is 32.3 Å². The predicted molar refractivity (Wildman–Crippen MR) is 125 cm³/mol. The summed E-state index contributed by atoms with van der Waals surface area (Å²) in [5, 5.41) is 7.59. The second-order valence-corrected chi connectivity index (χ2v) is 7.80. The largest absolute Gasteiger partial charge is 0.467 e. The Kier molecular flexibility index (Phi) is 6.11. The number of hydrogen-bond donors (Lipinski definition) is 1. The first-order chi connectivity index (χ1) is 17.0. The Hall–Kier alpha value is -4.31. The van der Waals surface area contributed by atoms with Crippen LogP contribution in [0.4, 0.5) is 14.5 Å². The van der Waals surface area contributed by atoms with Gasteiger partial charge in [-0.2, -0.15) is 13.9 Å². The molecule has 0 aliphatic heterocycles. The van der Waals surface area contributed by atoms with Crippen LogP contribution in [0.2, 0.25) is 5.02 Å². The van der Waals surface area contributed by atoms with Crippen LogP contribution in [-0.2, 0) is 6.54 Å². The Labute approximate surface area is 202 Å². The predicted octanol–water partition coefficient (Wildman–Crippen LogP) is 5.64. The van der Waals surface area contributed by atoms with Crippen molar-refractivity contribution < 1.29 is 22.7 Å². The van der Waals surface area contributed by atoms with Crippen LogP contribution in [0.3, 0.4) is 0 Å². The second-order valence-electron chi connectivity index (χ2n) is 7.39.